The molecule has 0 saturated carbocycles. The van der Waals surface area contributed by atoms with Gasteiger partial charge >= 0.3 is 0 Å². The lowest BCUT2D eigenvalue weighted by Crippen LogP contribution is -2.36. The topological polar surface area (TPSA) is 48.6 Å². The Morgan fingerprint density at radius 2 is 2.11 bits per heavy atom. The molecule has 1 unspecified atom stereocenters. The summed E-state index contributed by atoms with van der Waals surface area (Å²) in [4.78, 5) is 6.83. The molecule has 0 aromatic heterocycles. The van der Waals surface area contributed by atoms with Crippen molar-refractivity contribution in [1.82, 2.24) is 4.90 Å². The third-order valence-corrected chi connectivity index (χ3v) is 5.56. The normalized spacial score (nSPS) is 14.6. The quantitative estimate of drug-likeness (QED) is 0.682. The summed E-state index contributed by atoms with van der Waals surface area (Å²) in [6.07, 6.45) is 1.77. The Morgan fingerprint density at radius 3 is 2.85 bits per heavy atom. The van der Waals surface area contributed by atoms with Gasteiger partial charge in [0.05, 0.1) is 19.7 Å². The SMILES string of the molecule is COc1ccc(Br)cc1CCc1c(C)cccc1C1=NCCN1C(C)C#N. The molecule has 1 atom stereocenters. The van der Waals surface area contributed by atoms with Crippen LogP contribution >= 0.6 is 15.9 Å². The smallest absolute Gasteiger partial charge is 0.132 e. The molecule has 27 heavy (non-hydrogen) atoms. The van der Waals surface area contributed by atoms with E-state index in [9.17, 15) is 5.26 Å². The second-order valence-corrected chi connectivity index (χ2v) is 7.68. The molecular formula is C22H24BrN3O. The van der Waals surface area contributed by atoms with Gasteiger partial charge in [0.2, 0.25) is 0 Å². The zero-order valence-corrected chi connectivity index (χ0v) is 17.6. The van der Waals surface area contributed by atoms with Crippen LogP contribution in [0.1, 0.15) is 29.2 Å². The molecule has 2 aromatic rings. The number of nitrogens with zero attached hydrogens (tertiary/aromatic N) is 3. The Bertz CT molecular complexity index is 901. The molecule has 4 nitrogen and oxygen atoms in total. The largest absolute Gasteiger partial charge is 0.496 e. The molecule has 0 radical (unpaired) electrons. The van der Waals surface area contributed by atoms with Crippen molar-refractivity contribution in [3.05, 3.63) is 63.1 Å². The Balaban J connectivity index is 1.91. The number of benzene rings is 2. The molecule has 1 heterocycles. The molecule has 2 aromatic carbocycles. The summed E-state index contributed by atoms with van der Waals surface area (Å²) in [7, 11) is 1.71. The molecule has 1 aliphatic heterocycles. The monoisotopic (exact) mass is 425 g/mol. The number of halogens is 1. The summed E-state index contributed by atoms with van der Waals surface area (Å²) in [5, 5.41) is 9.35. The van der Waals surface area contributed by atoms with Gasteiger partial charge < -0.3 is 9.64 Å². The number of aliphatic imine (C=N–C) groups is 1. The van der Waals surface area contributed by atoms with Gasteiger partial charge in [-0.25, -0.2) is 0 Å². The number of nitriles is 1. The molecule has 0 fully saturated rings. The zero-order valence-electron chi connectivity index (χ0n) is 16.0. The maximum absolute atomic E-state index is 9.35. The Labute approximate surface area is 169 Å². The van der Waals surface area contributed by atoms with E-state index in [-0.39, 0.29) is 6.04 Å². The predicted octanol–water partition coefficient (Wildman–Crippen LogP) is 4.53. The first-order valence-electron chi connectivity index (χ1n) is 9.17. The summed E-state index contributed by atoms with van der Waals surface area (Å²) in [5.74, 6) is 1.86. The van der Waals surface area contributed by atoms with Crippen molar-refractivity contribution in [2.45, 2.75) is 32.7 Å². The highest BCUT2D eigenvalue weighted by molar-refractivity contribution is 9.10. The van der Waals surface area contributed by atoms with Gasteiger partial charge in [-0.3, -0.25) is 4.99 Å². The Hall–Kier alpha value is -2.32. The third-order valence-electron chi connectivity index (χ3n) is 5.07. The van der Waals surface area contributed by atoms with Crippen LogP contribution in [0, 0.1) is 18.3 Å². The molecule has 140 valence electrons. The van der Waals surface area contributed by atoms with E-state index >= 15 is 0 Å². The molecule has 0 bridgehead atoms. The lowest BCUT2D eigenvalue weighted by molar-refractivity contribution is 0.409. The number of ether oxygens (including phenoxy) is 1. The van der Waals surface area contributed by atoms with E-state index in [1.165, 1.54) is 16.7 Å². The van der Waals surface area contributed by atoms with Gasteiger partial charge in [0.15, 0.2) is 0 Å². The van der Waals surface area contributed by atoms with Gasteiger partial charge in [-0.1, -0.05) is 34.1 Å². The second-order valence-electron chi connectivity index (χ2n) is 6.76. The van der Waals surface area contributed by atoms with E-state index in [1.54, 1.807) is 7.11 Å². The molecule has 1 aliphatic rings. The fourth-order valence-electron chi connectivity index (χ4n) is 3.59. The molecule has 0 N–H and O–H groups in total. The fraction of sp³-hybridized carbons (Fsp3) is 0.364. The van der Waals surface area contributed by atoms with E-state index in [1.807, 2.05) is 19.1 Å². The minimum absolute atomic E-state index is 0.176. The highest BCUT2D eigenvalue weighted by Gasteiger charge is 2.25. The standard InChI is InChI=1S/C22H24BrN3O/c1-15-5-4-6-20(22-25-11-12-26(22)16(2)14-24)19(15)9-7-17-13-18(23)8-10-21(17)27-3/h4-6,8,10,13,16H,7,9,11-12H2,1-3H3. The number of rotatable bonds is 6. The number of hydrogen-bond acceptors (Lipinski definition) is 4. The van der Waals surface area contributed by atoms with Crippen LogP contribution in [0.25, 0.3) is 0 Å². The van der Waals surface area contributed by atoms with E-state index in [2.05, 4.69) is 58.1 Å². The van der Waals surface area contributed by atoms with Crippen molar-refractivity contribution < 1.29 is 4.74 Å². The van der Waals surface area contributed by atoms with Crippen molar-refractivity contribution in [3.63, 3.8) is 0 Å². The van der Waals surface area contributed by atoms with Gasteiger partial charge in [0, 0.05) is 16.6 Å². The fourth-order valence-corrected chi connectivity index (χ4v) is 4.00. The highest BCUT2D eigenvalue weighted by Crippen LogP contribution is 2.27. The molecule has 3 rings (SSSR count). The lowest BCUT2D eigenvalue weighted by atomic mass is 9.94. The van der Waals surface area contributed by atoms with Crippen LogP contribution in [-0.4, -0.2) is 37.0 Å². The predicted molar refractivity (Wildman–Crippen MR) is 112 cm³/mol. The van der Waals surface area contributed by atoms with Crippen molar-refractivity contribution in [1.29, 1.82) is 5.26 Å². The second kappa shape index (κ2) is 8.58. The van der Waals surface area contributed by atoms with Crippen LogP contribution in [0.2, 0.25) is 0 Å². The molecule has 5 heteroatoms. The molecule has 0 saturated heterocycles. The third kappa shape index (κ3) is 4.17. The Kier molecular flexibility index (Phi) is 6.18. The van der Waals surface area contributed by atoms with Crippen LogP contribution in [0.4, 0.5) is 0 Å². The molecule has 0 aliphatic carbocycles. The van der Waals surface area contributed by atoms with Crippen molar-refractivity contribution in [3.8, 4) is 11.8 Å². The van der Waals surface area contributed by atoms with Gasteiger partial charge in [-0.05, 0) is 61.6 Å². The first kappa shape index (κ1) is 19.4. The van der Waals surface area contributed by atoms with E-state index in [0.717, 1.165) is 47.6 Å². The maximum atomic E-state index is 9.35. The number of hydrogen-bond donors (Lipinski definition) is 0. The van der Waals surface area contributed by atoms with Crippen molar-refractivity contribution in [2.24, 2.45) is 4.99 Å². The minimum atomic E-state index is -0.176. The van der Waals surface area contributed by atoms with Gasteiger partial charge in [-0.2, -0.15) is 5.26 Å². The summed E-state index contributed by atoms with van der Waals surface area (Å²) < 4.78 is 6.58. The van der Waals surface area contributed by atoms with E-state index in [4.69, 9.17) is 9.73 Å². The average Bonchev–Trinajstić information content (AvgIpc) is 3.16. The minimum Gasteiger partial charge on any atom is -0.496 e. The van der Waals surface area contributed by atoms with E-state index < -0.39 is 0 Å². The zero-order chi connectivity index (χ0) is 19.4. The van der Waals surface area contributed by atoms with Crippen molar-refractivity contribution in [2.75, 3.05) is 20.2 Å². The van der Waals surface area contributed by atoms with Crippen LogP contribution in [0.5, 0.6) is 5.75 Å². The maximum Gasteiger partial charge on any atom is 0.132 e. The number of amidine groups is 1. The lowest BCUT2D eigenvalue weighted by Gasteiger charge is -2.25. The summed E-state index contributed by atoms with van der Waals surface area (Å²) in [6, 6.07) is 14.6. The van der Waals surface area contributed by atoms with E-state index in [0.29, 0.717) is 0 Å². The van der Waals surface area contributed by atoms with Gasteiger partial charge in [0.1, 0.15) is 17.6 Å². The Morgan fingerprint density at radius 1 is 1.30 bits per heavy atom. The summed E-state index contributed by atoms with van der Waals surface area (Å²) in [5.41, 5.74) is 4.86. The van der Waals surface area contributed by atoms with Crippen LogP contribution in [-0.2, 0) is 12.8 Å². The number of aryl methyl sites for hydroxylation is 2. The van der Waals surface area contributed by atoms with Crippen LogP contribution in [0.3, 0.4) is 0 Å². The molecule has 0 spiro atoms. The number of methoxy groups -OCH3 is 1. The summed E-state index contributed by atoms with van der Waals surface area (Å²) in [6.45, 7) is 5.62. The van der Waals surface area contributed by atoms with Crippen LogP contribution in [0.15, 0.2) is 45.9 Å². The van der Waals surface area contributed by atoms with Crippen LogP contribution < -0.4 is 4.74 Å². The summed E-state index contributed by atoms with van der Waals surface area (Å²) >= 11 is 3.55. The van der Waals surface area contributed by atoms with Gasteiger partial charge in [-0.15, -0.1) is 0 Å². The molecular weight excluding hydrogens is 402 g/mol. The average molecular weight is 426 g/mol. The molecule has 0 amide bonds. The van der Waals surface area contributed by atoms with Gasteiger partial charge in [0.25, 0.3) is 0 Å². The first-order chi connectivity index (χ1) is 13.0. The van der Waals surface area contributed by atoms with Crippen molar-refractivity contribution >= 4 is 21.8 Å². The first-order valence-corrected chi connectivity index (χ1v) is 9.96. The highest BCUT2D eigenvalue weighted by atomic mass is 79.9.